The molecule has 0 saturated carbocycles. The summed E-state index contributed by atoms with van der Waals surface area (Å²) in [6, 6.07) is 2.73. The summed E-state index contributed by atoms with van der Waals surface area (Å²) in [4.78, 5) is 27.8. The first kappa shape index (κ1) is 15.9. The summed E-state index contributed by atoms with van der Waals surface area (Å²) in [6.07, 6.45) is 2.22. The van der Waals surface area contributed by atoms with Crippen LogP contribution < -0.4 is 5.32 Å². The predicted octanol–water partition coefficient (Wildman–Crippen LogP) is 0.694. The summed E-state index contributed by atoms with van der Waals surface area (Å²) in [6.45, 7) is 2.99. The average molecular weight is 281 g/mol. The third-order valence-corrected chi connectivity index (χ3v) is 2.64. The Morgan fingerprint density at radius 3 is 2.60 bits per heavy atom. The smallest absolute Gasteiger partial charge is 0.354 e. The molecule has 0 unspecified atom stereocenters. The van der Waals surface area contributed by atoms with Crippen molar-refractivity contribution >= 4 is 12.0 Å². The molecule has 1 heterocycles. The van der Waals surface area contributed by atoms with Crippen LogP contribution in [0.15, 0.2) is 18.3 Å². The third-order valence-electron chi connectivity index (χ3n) is 2.64. The Bertz CT molecular complexity index is 441. The minimum Gasteiger partial charge on any atom is -0.477 e. The van der Waals surface area contributed by atoms with Gasteiger partial charge in [-0.05, 0) is 18.1 Å². The van der Waals surface area contributed by atoms with E-state index in [1.807, 2.05) is 6.92 Å². The number of urea groups is 1. The Labute approximate surface area is 117 Å². The molecule has 1 rings (SSSR count). The van der Waals surface area contributed by atoms with E-state index in [9.17, 15) is 9.59 Å². The summed E-state index contributed by atoms with van der Waals surface area (Å²) in [5.41, 5.74) is 0.678. The zero-order valence-corrected chi connectivity index (χ0v) is 11.4. The molecule has 3 N–H and O–H groups in total. The second-order valence-corrected chi connectivity index (χ2v) is 4.23. The Balaban J connectivity index is 2.52. The first-order valence-electron chi connectivity index (χ1n) is 6.40. The van der Waals surface area contributed by atoms with Gasteiger partial charge in [-0.3, -0.25) is 0 Å². The maximum Gasteiger partial charge on any atom is 0.354 e. The number of nitrogens with zero attached hydrogens (tertiary/aromatic N) is 2. The molecular formula is C13H19N3O4. The number of rotatable bonds is 7. The van der Waals surface area contributed by atoms with Gasteiger partial charge in [0.1, 0.15) is 5.69 Å². The molecule has 0 fully saturated rings. The van der Waals surface area contributed by atoms with Gasteiger partial charge in [0.2, 0.25) is 0 Å². The second-order valence-electron chi connectivity index (χ2n) is 4.23. The SMILES string of the molecule is CCCN(CCO)C(=O)NCc1ccc(C(=O)O)nc1. The standard InChI is InChI=1S/C13H19N3O4/c1-2-5-16(6-7-17)13(20)15-9-10-3-4-11(12(18)19)14-8-10/h3-4,8,17H,2,5-7,9H2,1H3,(H,15,20)(H,18,19). The molecule has 20 heavy (non-hydrogen) atoms. The van der Waals surface area contributed by atoms with E-state index in [4.69, 9.17) is 10.2 Å². The molecule has 1 aromatic heterocycles. The van der Waals surface area contributed by atoms with Gasteiger partial charge in [-0.15, -0.1) is 0 Å². The number of carbonyl (C=O) groups excluding carboxylic acids is 1. The molecular weight excluding hydrogens is 262 g/mol. The van der Waals surface area contributed by atoms with E-state index in [0.29, 0.717) is 12.1 Å². The predicted molar refractivity (Wildman–Crippen MR) is 72.4 cm³/mol. The molecule has 0 saturated heterocycles. The van der Waals surface area contributed by atoms with Crippen LogP contribution in [0.2, 0.25) is 0 Å². The highest BCUT2D eigenvalue weighted by Gasteiger charge is 2.11. The number of pyridine rings is 1. The van der Waals surface area contributed by atoms with Gasteiger partial charge in [0.25, 0.3) is 0 Å². The molecule has 110 valence electrons. The fourth-order valence-corrected chi connectivity index (χ4v) is 1.65. The quantitative estimate of drug-likeness (QED) is 0.682. The van der Waals surface area contributed by atoms with Crippen molar-refractivity contribution in [3.05, 3.63) is 29.6 Å². The maximum absolute atomic E-state index is 11.9. The highest BCUT2D eigenvalue weighted by atomic mass is 16.4. The van der Waals surface area contributed by atoms with Gasteiger partial charge in [0.15, 0.2) is 0 Å². The zero-order chi connectivity index (χ0) is 15.0. The van der Waals surface area contributed by atoms with Crippen LogP contribution in [-0.4, -0.2) is 51.8 Å². The molecule has 0 atom stereocenters. The molecule has 1 aromatic rings. The van der Waals surface area contributed by atoms with Gasteiger partial charge < -0.3 is 20.4 Å². The topological polar surface area (TPSA) is 103 Å². The van der Waals surface area contributed by atoms with Crippen molar-refractivity contribution in [3.63, 3.8) is 0 Å². The number of aromatic carboxylic acids is 1. The highest BCUT2D eigenvalue weighted by Crippen LogP contribution is 2.01. The zero-order valence-electron chi connectivity index (χ0n) is 11.4. The maximum atomic E-state index is 11.9. The minimum atomic E-state index is -1.09. The number of hydrogen-bond acceptors (Lipinski definition) is 4. The van der Waals surface area contributed by atoms with Crippen molar-refractivity contribution in [1.29, 1.82) is 0 Å². The van der Waals surface area contributed by atoms with Gasteiger partial charge in [0, 0.05) is 25.8 Å². The fraction of sp³-hybridized carbons (Fsp3) is 0.462. The van der Waals surface area contributed by atoms with Gasteiger partial charge >= 0.3 is 12.0 Å². The average Bonchev–Trinajstić information content (AvgIpc) is 2.45. The normalized spacial score (nSPS) is 10.1. The molecule has 7 heteroatoms. The summed E-state index contributed by atoms with van der Waals surface area (Å²) in [5.74, 6) is -1.09. The van der Waals surface area contributed by atoms with E-state index in [1.54, 1.807) is 6.07 Å². The molecule has 0 aliphatic rings. The van der Waals surface area contributed by atoms with Crippen molar-refractivity contribution in [3.8, 4) is 0 Å². The van der Waals surface area contributed by atoms with Gasteiger partial charge in [-0.2, -0.15) is 0 Å². The van der Waals surface area contributed by atoms with E-state index >= 15 is 0 Å². The number of carboxylic acid groups (broad SMARTS) is 1. The number of carboxylic acids is 1. The van der Waals surface area contributed by atoms with Crippen LogP contribution in [0.4, 0.5) is 4.79 Å². The van der Waals surface area contributed by atoms with E-state index in [-0.39, 0.29) is 31.4 Å². The molecule has 0 aromatic carbocycles. The van der Waals surface area contributed by atoms with Crippen LogP contribution in [0.25, 0.3) is 0 Å². The van der Waals surface area contributed by atoms with E-state index in [1.165, 1.54) is 17.2 Å². The number of aliphatic hydroxyl groups excluding tert-OH is 1. The molecule has 0 aliphatic carbocycles. The van der Waals surface area contributed by atoms with E-state index < -0.39 is 5.97 Å². The van der Waals surface area contributed by atoms with Crippen molar-refractivity contribution < 1.29 is 19.8 Å². The lowest BCUT2D eigenvalue weighted by Gasteiger charge is -2.21. The summed E-state index contributed by atoms with van der Waals surface area (Å²) in [5, 5.41) is 20.3. The second kappa shape index (κ2) is 8.11. The van der Waals surface area contributed by atoms with Gasteiger partial charge in [-0.1, -0.05) is 13.0 Å². The lowest BCUT2D eigenvalue weighted by molar-refractivity contribution is 0.0690. The molecule has 0 spiro atoms. The van der Waals surface area contributed by atoms with Crippen LogP contribution in [0, 0.1) is 0 Å². The highest BCUT2D eigenvalue weighted by molar-refractivity contribution is 5.85. The molecule has 0 aliphatic heterocycles. The van der Waals surface area contributed by atoms with Gasteiger partial charge in [-0.25, -0.2) is 14.6 Å². The van der Waals surface area contributed by atoms with Crippen LogP contribution in [-0.2, 0) is 6.54 Å². The monoisotopic (exact) mass is 281 g/mol. The number of aromatic nitrogens is 1. The van der Waals surface area contributed by atoms with Crippen LogP contribution in [0.3, 0.4) is 0 Å². The first-order valence-corrected chi connectivity index (χ1v) is 6.40. The lowest BCUT2D eigenvalue weighted by Crippen LogP contribution is -2.41. The van der Waals surface area contributed by atoms with Crippen molar-refractivity contribution in [2.75, 3.05) is 19.7 Å². The number of hydrogen-bond donors (Lipinski definition) is 3. The Morgan fingerprint density at radius 2 is 2.10 bits per heavy atom. The Kier molecular flexibility index (Phi) is 6.45. The van der Waals surface area contributed by atoms with Crippen LogP contribution >= 0.6 is 0 Å². The summed E-state index contributed by atoms with van der Waals surface area (Å²) >= 11 is 0. The first-order chi connectivity index (χ1) is 9.58. The van der Waals surface area contributed by atoms with E-state index in [0.717, 1.165) is 6.42 Å². The number of nitrogens with one attached hydrogen (secondary N) is 1. The van der Waals surface area contributed by atoms with E-state index in [2.05, 4.69) is 10.3 Å². The largest absolute Gasteiger partial charge is 0.477 e. The Morgan fingerprint density at radius 1 is 1.35 bits per heavy atom. The van der Waals surface area contributed by atoms with Crippen LogP contribution in [0.5, 0.6) is 0 Å². The molecule has 0 radical (unpaired) electrons. The Hall–Kier alpha value is -2.15. The molecule has 0 bridgehead atoms. The lowest BCUT2D eigenvalue weighted by atomic mass is 10.2. The van der Waals surface area contributed by atoms with Crippen molar-refractivity contribution in [2.45, 2.75) is 19.9 Å². The van der Waals surface area contributed by atoms with Crippen LogP contribution in [0.1, 0.15) is 29.4 Å². The number of carbonyl (C=O) groups is 2. The summed E-state index contributed by atoms with van der Waals surface area (Å²) in [7, 11) is 0. The number of aliphatic hydroxyl groups is 1. The molecule has 2 amide bonds. The minimum absolute atomic E-state index is 0.0343. The molecule has 7 nitrogen and oxygen atoms in total. The summed E-state index contributed by atoms with van der Waals surface area (Å²) < 4.78 is 0. The third kappa shape index (κ3) is 4.85. The van der Waals surface area contributed by atoms with Crippen molar-refractivity contribution in [1.82, 2.24) is 15.2 Å². The van der Waals surface area contributed by atoms with Gasteiger partial charge in [0.05, 0.1) is 6.61 Å². The van der Waals surface area contributed by atoms with Crippen molar-refractivity contribution in [2.24, 2.45) is 0 Å². The fourth-order valence-electron chi connectivity index (χ4n) is 1.65. The number of amides is 2.